The molecule has 3 nitrogen and oxygen atoms in total. The van der Waals surface area contributed by atoms with E-state index in [0.717, 1.165) is 38.5 Å². The highest BCUT2D eigenvalue weighted by Gasteiger charge is 2.12. The van der Waals surface area contributed by atoms with Crippen molar-refractivity contribution < 1.29 is 9.69 Å². The van der Waals surface area contributed by atoms with Crippen LogP contribution in [0.3, 0.4) is 0 Å². The molecule has 1 atom stereocenters. The smallest absolute Gasteiger partial charge is 0.279 e. The molecule has 0 aliphatic carbocycles. The van der Waals surface area contributed by atoms with Gasteiger partial charge < -0.3 is 10.2 Å². The first-order valence-electron chi connectivity index (χ1n) is 7.95. The molecule has 0 aliphatic heterocycles. The molecular formula is C20H20ClN2O+. The van der Waals surface area contributed by atoms with Crippen molar-refractivity contribution in [1.82, 2.24) is 0 Å². The summed E-state index contributed by atoms with van der Waals surface area (Å²) in [6.45, 7) is 1.15. The van der Waals surface area contributed by atoms with Crippen LogP contribution in [-0.4, -0.2) is 19.5 Å². The van der Waals surface area contributed by atoms with Gasteiger partial charge in [-0.2, -0.15) is 0 Å². The third-order valence-electron chi connectivity index (χ3n) is 3.92. The Morgan fingerprint density at radius 1 is 1.04 bits per heavy atom. The fourth-order valence-electron chi connectivity index (χ4n) is 2.86. The molecule has 0 aliphatic rings. The SMILES string of the molecule is C[NH+](CC(=O)Nc1cccc2ccccc12)Cc1cccc(Cl)c1. The summed E-state index contributed by atoms with van der Waals surface area (Å²) in [6, 6.07) is 21.7. The fraction of sp³-hybridized carbons (Fsp3) is 0.150. The van der Waals surface area contributed by atoms with Crippen LogP contribution < -0.4 is 10.2 Å². The molecule has 3 rings (SSSR count). The van der Waals surface area contributed by atoms with Crippen molar-refractivity contribution in [2.45, 2.75) is 6.54 Å². The average molecular weight is 340 g/mol. The van der Waals surface area contributed by atoms with Crippen LogP contribution in [-0.2, 0) is 11.3 Å². The van der Waals surface area contributed by atoms with Crippen molar-refractivity contribution in [3.8, 4) is 0 Å². The standard InChI is InChI=1S/C20H19ClN2O/c1-23(13-15-6-4-9-17(21)12-15)14-20(24)22-19-11-5-8-16-7-2-3-10-18(16)19/h2-12H,13-14H2,1H3,(H,22,24)/p+1. The molecule has 0 spiro atoms. The quantitative estimate of drug-likeness (QED) is 0.735. The van der Waals surface area contributed by atoms with Gasteiger partial charge in [0.15, 0.2) is 6.54 Å². The first-order chi connectivity index (χ1) is 11.6. The lowest BCUT2D eigenvalue weighted by atomic mass is 10.1. The number of likely N-dealkylation sites (N-methyl/N-ethyl adjacent to an activating group) is 1. The molecule has 3 aromatic carbocycles. The van der Waals surface area contributed by atoms with Gasteiger partial charge in [0.05, 0.1) is 7.05 Å². The third-order valence-corrected chi connectivity index (χ3v) is 4.16. The van der Waals surface area contributed by atoms with Crippen LogP contribution in [0.15, 0.2) is 66.7 Å². The number of anilines is 1. The van der Waals surface area contributed by atoms with Crippen molar-refractivity contribution in [2.24, 2.45) is 0 Å². The van der Waals surface area contributed by atoms with Crippen molar-refractivity contribution in [2.75, 3.05) is 18.9 Å². The zero-order valence-corrected chi connectivity index (χ0v) is 14.3. The zero-order valence-electron chi connectivity index (χ0n) is 13.6. The number of carbonyl (C=O) groups excluding carboxylic acids is 1. The van der Waals surface area contributed by atoms with E-state index in [-0.39, 0.29) is 5.91 Å². The normalized spacial score (nSPS) is 12.1. The Morgan fingerprint density at radius 3 is 2.62 bits per heavy atom. The number of hydrogen-bond donors (Lipinski definition) is 2. The number of benzene rings is 3. The summed E-state index contributed by atoms with van der Waals surface area (Å²) in [5.74, 6) is 0.00545. The van der Waals surface area contributed by atoms with Crippen molar-refractivity contribution in [3.63, 3.8) is 0 Å². The molecule has 3 aromatic rings. The highest BCUT2D eigenvalue weighted by Crippen LogP contribution is 2.22. The van der Waals surface area contributed by atoms with E-state index in [2.05, 4.69) is 5.32 Å². The summed E-state index contributed by atoms with van der Waals surface area (Å²) in [5.41, 5.74) is 1.98. The maximum Gasteiger partial charge on any atom is 0.279 e. The second-order valence-corrected chi connectivity index (χ2v) is 6.45. The molecule has 0 radical (unpaired) electrons. The van der Waals surface area contributed by atoms with Crippen LogP contribution >= 0.6 is 11.6 Å². The van der Waals surface area contributed by atoms with E-state index in [0.29, 0.717) is 6.54 Å². The Bertz CT molecular complexity index is 858. The highest BCUT2D eigenvalue weighted by molar-refractivity contribution is 6.30. The minimum Gasteiger partial charge on any atom is -0.326 e. The number of quaternary nitrogens is 1. The Balaban J connectivity index is 1.64. The van der Waals surface area contributed by atoms with Crippen LogP contribution in [0, 0.1) is 0 Å². The second-order valence-electron chi connectivity index (χ2n) is 6.02. The molecule has 2 N–H and O–H groups in total. The second kappa shape index (κ2) is 7.47. The van der Waals surface area contributed by atoms with Crippen LogP contribution in [0.2, 0.25) is 5.02 Å². The predicted molar refractivity (Wildman–Crippen MR) is 99.5 cm³/mol. The summed E-state index contributed by atoms with van der Waals surface area (Å²) in [5, 5.41) is 5.93. The zero-order chi connectivity index (χ0) is 16.9. The van der Waals surface area contributed by atoms with E-state index >= 15 is 0 Å². The van der Waals surface area contributed by atoms with Gasteiger partial charge in [-0.3, -0.25) is 4.79 Å². The van der Waals surface area contributed by atoms with E-state index in [9.17, 15) is 4.79 Å². The van der Waals surface area contributed by atoms with Gasteiger partial charge in [0.1, 0.15) is 6.54 Å². The minimum atomic E-state index is 0.00545. The summed E-state index contributed by atoms with van der Waals surface area (Å²) in [7, 11) is 2.00. The number of halogens is 1. The highest BCUT2D eigenvalue weighted by atomic mass is 35.5. The summed E-state index contributed by atoms with van der Waals surface area (Å²) in [4.78, 5) is 13.5. The van der Waals surface area contributed by atoms with Crippen LogP contribution in [0.25, 0.3) is 10.8 Å². The van der Waals surface area contributed by atoms with Crippen LogP contribution in [0.1, 0.15) is 5.56 Å². The van der Waals surface area contributed by atoms with Gasteiger partial charge in [-0.05, 0) is 23.6 Å². The maximum absolute atomic E-state index is 12.4. The number of fused-ring (bicyclic) bond motifs is 1. The van der Waals surface area contributed by atoms with Crippen LogP contribution in [0.4, 0.5) is 5.69 Å². The summed E-state index contributed by atoms with van der Waals surface area (Å²) < 4.78 is 0. The first kappa shape index (κ1) is 16.5. The van der Waals surface area contributed by atoms with Gasteiger partial charge in [-0.15, -0.1) is 0 Å². The lowest BCUT2D eigenvalue weighted by Gasteiger charge is -2.15. The summed E-state index contributed by atoms with van der Waals surface area (Å²) >= 11 is 6.01. The third kappa shape index (κ3) is 4.13. The molecule has 4 heteroatoms. The van der Waals surface area contributed by atoms with E-state index in [1.54, 1.807) is 0 Å². The number of rotatable bonds is 5. The molecule has 0 heterocycles. The van der Waals surface area contributed by atoms with Crippen molar-refractivity contribution >= 4 is 34.0 Å². The molecule has 122 valence electrons. The Hall–Kier alpha value is -2.36. The molecular weight excluding hydrogens is 320 g/mol. The Kier molecular flexibility index (Phi) is 5.14. The van der Waals surface area contributed by atoms with Crippen molar-refractivity contribution in [1.29, 1.82) is 0 Å². The van der Waals surface area contributed by atoms with E-state index in [1.807, 2.05) is 73.8 Å². The van der Waals surface area contributed by atoms with Gasteiger partial charge in [0.25, 0.3) is 5.91 Å². The number of hydrogen-bond acceptors (Lipinski definition) is 1. The lowest BCUT2D eigenvalue weighted by molar-refractivity contribution is -0.885. The molecule has 0 saturated carbocycles. The van der Waals surface area contributed by atoms with E-state index in [4.69, 9.17) is 11.6 Å². The summed E-state index contributed by atoms with van der Waals surface area (Å²) in [6.07, 6.45) is 0. The number of carbonyl (C=O) groups is 1. The largest absolute Gasteiger partial charge is 0.326 e. The monoisotopic (exact) mass is 339 g/mol. The lowest BCUT2D eigenvalue weighted by Crippen LogP contribution is -3.08. The van der Waals surface area contributed by atoms with Gasteiger partial charge >= 0.3 is 0 Å². The first-order valence-corrected chi connectivity index (χ1v) is 8.33. The fourth-order valence-corrected chi connectivity index (χ4v) is 3.07. The predicted octanol–water partition coefficient (Wildman–Crippen LogP) is 3.15. The molecule has 1 unspecified atom stereocenters. The molecule has 0 aromatic heterocycles. The van der Waals surface area contributed by atoms with Gasteiger partial charge in [-0.25, -0.2) is 0 Å². The van der Waals surface area contributed by atoms with Crippen LogP contribution in [0.5, 0.6) is 0 Å². The molecule has 24 heavy (non-hydrogen) atoms. The Morgan fingerprint density at radius 2 is 1.79 bits per heavy atom. The topological polar surface area (TPSA) is 33.5 Å². The minimum absolute atomic E-state index is 0.00545. The molecule has 0 fully saturated rings. The van der Waals surface area contributed by atoms with E-state index < -0.39 is 0 Å². The molecule has 0 bridgehead atoms. The van der Waals surface area contributed by atoms with E-state index in [1.165, 1.54) is 0 Å². The maximum atomic E-state index is 12.4. The number of amides is 1. The molecule has 0 saturated heterocycles. The van der Waals surface area contributed by atoms with Gasteiger partial charge in [0.2, 0.25) is 0 Å². The number of nitrogens with one attached hydrogen (secondary N) is 2. The average Bonchev–Trinajstić information content (AvgIpc) is 2.55. The van der Waals surface area contributed by atoms with Gasteiger partial charge in [-0.1, -0.05) is 60.1 Å². The molecule has 1 amide bonds. The van der Waals surface area contributed by atoms with Crippen molar-refractivity contribution in [3.05, 3.63) is 77.3 Å². The van der Waals surface area contributed by atoms with Gasteiger partial charge in [0, 0.05) is 21.7 Å². The Labute approximate surface area is 146 Å².